The number of nitro groups is 2. The van der Waals surface area contributed by atoms with E-state index in [1.54, 1.807) is 6.07 Å². The van der Waals surface area contributed by atoms with Crippen molar-refractivity contribution < 1.29 is 33.7 Å². The lowest BCUT2D eigenvalue weighted by Gasteiger charge is -2.10. The van der Waals surface area contributed by atoms with Crippen molar-refractivity contribution >= 4 is 35.4 Å². The third-order valence-electron chi connectivity index (χ3n) is 5.29. The Kier molecular flexibility index (Phi) is 9.94. The summed E-state index contributed by atoms with van der Waals surface area (Å²) >= 11 is 0. The van der Waals surface area contributed by atoms with Gasteiger partial charge in [0.25, 0.3) is 17.3 Å². The van der Waals surface area contributed by atoms with Crippen LogP contribution in [0.3, 0.4) is 0 Å². The Labute approximate surface area is 226 Å². The zero-order valence-corrected chi connectivity index (χ0v) is 21.1. The number of non-ortho nitro benzene ring substituents is 2. The standard InChI is InChI=1S/C26H23N5O9/c1-39-23-14-17(7-12-22(23)40-26(34)19-4-2-5-21(15-19)31(37)38)16-28-29-24(32)6-3-13-27-25(33)18-8-10-20(11-9-18)30(35)36/h2,4-5,7-12,14-16H,3,6,13H2,1H3,(H,27,33)(H,29,32)/b28-16+. The first-order valence-corrected chi connectivity index (χ1v) is 11.7. The zero-order valence-electron chi connectivity index (χ0n) is 21.1. The quantitative estimate of drug-likeness (QED) is 0.0850. The topological polar surface area (TPSA) is 192 Å². The maximum Gasteiger partial charge on any atom is 0.343 e. The molecule has 0 heterocycles. The van der Waals surface area contributed by atoms with Gasteiger partial charge in [-0.25, -0.2) is 10.2 Å². The van der Waals surface area contributed by atoms with Crippen LogP contribution < -0.4 is 20.2 Å². The number of amides is 2. The molecule has 0 aliphatic heterocycles. The lowest BCUT2D eigenvalue weighted by Crippen LogP contribution is -2.26. The van der Waals surface area contributed by atoms with Crippen LogP contribution in [0, 0.1) is 20.2 Å². The summed E-state index contributed by atoms with van der Waals surface area (Å²) in [5.41, 5.74) is 2.77. The number of ether oxygens (including phenoxy) is 2. The summed E-state index contributed by atoms with van der Waals surface area (Å²) in [6, 6.07) is 14.8. The van der Waals surface area contributed by atoms with Gasteiger partial charge >= 0.3 is 5.97 Å². The van der Waals surface area contributed by atoms with Crippen molar-refractivity contribution in [2.45, 2.75) is 12.8 Å². The third-order valence-corrected chi connectivity index (χ3v) is 5.29. The maximum absolute atomic E-state index is 12.4. The maximum atomic E-state index is 12.4. The van der Waals surface area contributed by atoms with Crippen LogP contribution in [0.25, 0.3) is 0 Å². The minimum Gasteiger partial charge on any atom is -0.493 e. The summed E-state index contributed by atoms with van der Waals surface area (Å²) in [6.07, 6.45) is 1.76. The molecule has 0 saturated carbocycles. The van der Waals surface area contributed by atoms with E-state index in [1.165, 1.54) is 67.9 Å². The molecular weight excluding hydrogens is 526 g/mol. The molecule has 3 aromatic carbocycles. The van der Waals surface area contributed by atoms with Crippen molar-refractivity contribution in [3.63, 3.8) is 0 Å². The van der Waals surface area contributed by atoms with Crippen LogP contribution in [0.5, 0.6) is 11.5 Å². The van der Waals surface area contributed by atoms with Gasteiger partial charge in [0.05, 0.1) is 28.7 Å². The Bertz CT molecular complexity index is 1460. The van der Waals surface area contributed by atoms with Gasteiger partial charge in [0.2, 0.25) is 5.91 Å². The fraction of sp³-hybridized carbons (Fsp3) is 0.154. The fourth-order valence-electron chi connectivity index (χ4n) is 3.28. The molecule has 206 valence electrons. The van der Waals surface area contributed by atoms with Gasteiger partial charge in [-0.15, -0.1) is 0 Å². The van der Waals surface area contributed by atoms with E-state index in [-0.39, 0.29) is 47.0 Å². The first kappa shape index (κ1) is 28.9. The number of hydrazone groups is 1. The van der Waals surface area contributed by atoms with Gasteiger partial charge in [0, 0.05) is 42.8 Å². The number of hydrogen-bond acceptors (Lipinski definition) is 10. The van der Waals surface area contributed by atoms with E-state index in [0.717, 1.165) is 6.07 Å². The summed E-state index contributed by atoms with van der Waals surface area (Å²) < 4.78 is 10.6. The van der Waals surface area contributed by atoms with E-state index in [0.29, 0.717) is 12.0 Å². The molecular formula is C26H23N5O9. The Morgan fingerprint density at radius 3 is 2.30 bits per heavy atom. The normalized spacial score (nSPS) is 10.5. The third kappa shape index (κ3) is 8.17. The van der Waals surface area contributed by atoms with Crippen LogP contribution in [-0.2, 0) is 4.79 Å². The number of benzene rings is 3. The van der Waals surface area contributed by atoms with Gasteiger partial charge in [-0.1, -0.05) is 6.07 Å². The predicted octanol–water partition coefficient (Wildman–Crippen LogP) is 3.39. The largest absolute Gasteiger partial charge is 0.493 e. The highest BCUT2D eigenvalue weighted by molar-refractivity contribution is 5.94. The molecule has 2 amide bonds. The van der Waals surface area contributed by atoms with E-state index in [9.17, 15) is 34.6 Å². The summed E-state index contributed by atoms with van der Waals surface area (Å²) in [4.78, 5) is 57.0. The van der Waals surface area contributed by atoms with Crippen LogP contribution in [0.2, 0.25) is 0 Å². The number of nitrogens with one attached hydrogen (secondary N) is 2. The van der Waals surface area contributed by atoms with Crippen molar-refractivity contribution in [2.75, 3.05) is 13.7 Å². The molecule has 0 aliphatic carbocycles. The molecule has 3 aromatic rings. The van der Waals surface area contributed by atoms with E-state index in [4.69, 9.17) is 9.47 Å². The molecule has 14 heteroatoms. The molecule has 40 heavy (non-hydrogen) atoms. The van der Waals surface area contributed by atoms with E-state index >= 15 is 0 Å². The zero-order chi connectivity index (χ0) is 29.1. The molecule has 14 nitrogen and oxygen atoms in total. The number of rotatable bonds is 12. The number of carbonyl (C=O) groups is 3. The number of esters is 1. The number of carbonyl (C=O) groups excluding carboxylic acids is 3. The van der Waals surface area contributed by atoms with Crippen molar-refractivity contribution in [1.82, 2.24) is 10.7 Å². The van der Waals surface area contributed by atoms with Crippen molar-refractivity contribution in [3.05, 3.63) is 104 Å². The van der Waals surface area contributed by atoms with Crippen molar-refractivity contribution in [3.8, 4) is 11.5 Å². The first-order chi connectivity index (χ1) is 19.2. The average Bonchev–Trinajstić information content (AvgIpc) is 2.95. The molecule has 2 N–H and O–H groups in total. The number of hydrogen-bond donors (Lipinski definition) is 2. The summed E-state index contributed by atoms with van der Waals surface area (Å²) in [5, 5.41) is 28.1. The second kappa shape index (κ2) is 13.8. The highest BCUT2D eigenvalue weighted by Crippen LogP contribution is 2.28. The predicted molar refractivity (Wildman–Crippen MR) is 141 cm³/mol. The van der Waals surface area contributed by atoms with Crippen molar-refractivity contribution in [2.24, 2.45) is 5.10 Å². The van der Waals surface area contributed by atoms with Crippen LogP contribution in [0.15, 0.2) is 71.8 Å². The van der Waals surface area contributed by atoms with Gasteiger partial charge in [0.15, 0.2) is 11.5 Å². The van der Waals surface area contributed by atoms with Crippen LogP contribution in [-0.4, -0.2) is 47.5 Å². The van der Waals surface area contributed by atoms with Crippen LogP contribution in [0.4, 0.5) is 11.4 Å². The Hall–Kier alpha value is -5.66. The highest BCUT2D eigenvalue weighted by Gasteiger charge is 2.16. The highest BCUT2D eigenvalue weighted by atomic mass is 16.6. The number of nitro benzene ring substituents is 2. The summed E-state index contributed by atoms with van der Waals surface area (Å²) in [6.45, 7) is 0.209. The molecule has 0 spiro atoms. The average molecular weight is 549 g/mol. The van der Waals surface area contributed by atoms with Gasteiger partial charge in [-0.05, 0) is 48.4 Å². The molecule has 0 atom stereocenters. The molecule has 0 unspecified atom stereocenters. The summed E-state index contributed by atoms with van der Waals surface area (Å²) in [7, 11) is 1.36. The van der Waals surface area contributed by atoms with E-state index in [1.807, 2.05) is 0 Å². The van der Waals surface area contributed by atoms with Crippen LogP contribution >= 0.6 is 0 Å². The lowest BCUT2D eigenvalue weighted by atomic mass is 10.2. The molecule has 3 rings (SSSR count). The molecule has 0 aromatic heterocycles. The molecule has 0 saturated heterocycles. The Balaban J connectivity index is 1.46. The second-order valence-corrected chi connectivity index (χ2v) is 8.06. The Morgan fingerprint density at radius 1 is 0.900 bits per heavy atom. The molecule has 0 radical (unpaired) electrons. The lowest BCUT2D eigenvalue weighted by molar-refractivity contribution is -0.385. The van der Waals surface area contributed by atoms with Gasteiger partial charge in [-0.3, -0.25) is 29.8 Å². The van der Waals surface area contributed by atoms with Gasteiger partial charge < -0.3 is 14.8 Å². The molecule has 0 fully saturated rings. The SMILES string of the molecule is COc1cc(/C=N/NC(=O)CCCNC(=O)c2ccc([N+](=O)[O-])cc2)ccc1OC(=O)c1cccc([N+](=O)[O-])c1. The molecule has 0 aliphatic rings. The van der Waals surface area contributed by atoms with E-state index < -0.39 is 27.6 Å². The minimum absolute atomic E-state index is 0.00415. The second-order valence-electron chi connectivity index (χ2n) is 8.06. The fourth-order valence-corrected chi connectivity index (χ4v) is 3.28. The Morgan fingerprint density at radius 2 is 1.62 bits per heavy atom. The number of nitrogens with zero attached hydrogens (tertiary/aromatic N) is 3. The monoisotopic (exact) mass is 549 g/mol. The van der Waals surface area contributed by atoms with Gasteiger partial charge in [0.1, 0.15) is 0 Å². The van der Waals surface area contributed by atoms with Crippen LogP contribution in [0.1, 0.15) is 39.1 Å². The molecule has 0 bridgehead atoms. The first-order valence-electron chi connectivity index (χ1n) is 11.7. The smallest absolute Gasteiger partial charge is 0.343 e. The minimum atomic E-state index is -0.806. The van der Waals surface area contributed by atoms with Crippen molar-refractivity contribution in [1.29, 1.82) is 0 Å². The summed E-state index contributed by atoms with van der Waals surface area (Å²) in [5.74, 6) is -1.34. The van der Waals surface area contributed by atoms with E-state index in [2.05, 4.69) is 15.8 Å². The number of methoxy groups -OCH3 is 1. The van der Waals surface area contributed by atoms with Gasteiger partial charge in [-0.2, -0.15) is 5.10 Å².